The number of hydrogen-bond donors (Lipinski definition) is 2. The molecule has 0 aliphatic carbocycles. The van der Waals surface area contributed by atoms with Crippen molar-refractivity contribution in [1.82, 2.24) is 25.1 Å². The van der Waals surface area contributed by atoms with E-state index in [0.717, 1.165) is 76.8 Å². The van der Waals surface area contributed by atoms with Gasteiger partial charge >= 0.3 is 0 Å². The summed E-state index contributed by atoms with van der Waals surface area (Å²) >= 11 is 0. The third-order valence-electron chi connectivity index (χ3n) is 5.05. The summed E-state index contributed by atoms with van der Waals surface area (Å²) in [7, 11) is 1.85. The molecule has 0 atom stereocenters. The van der Waals surface area contributed by atoms with Gasteiger partial charge in [0.2, 0.25) is 0 Å². The van der Waals surface area contributed by atoms with Crippen LogP contribution in [0.4, 0.5) is 0 Å². The van der Waals surface area contributed by atoms with Gasteiger partial charge in [-0.3, -0.25) is 4.99 Å². The molecule has 1 aliphatic rings. The number of aryl methyl sites for hydroxylation is 2. The van der Waals surface area contributed by atoms with Crippen molar-refractivity contribution in [3.8, 4) is 0 Å². The van der Waals surface area contributed by atoms with Crippen molar-refractivity contribution in [2.45, 2.75) is 65.1 Å². The maximum absolute atomic E-state index is 5.66. The summed E-state index contributed by atoms with van der Waals surface area (Å²) < 4.78 is 7.86. The van der Waals surface area contributed by atoms with E-state index in [1.54, 1.807) is 0 Å². The first kappa shape index (κ1) is 21.7. The molecule has 2 heterocycles. The Morgan fingerprint density at radius 1 is 1.30 bits per heavy atom. The van der Waals surface area contributed by atoms with Gasteiger partial charge in [-0.25, -0.2) is 4.98 Å². The SMILES string of the molecule is CN=C(NCCCCn1ccnc1C)NC1CCN(CCOC(C)C)CC1. The fourth-order valence-corrected chi connectivity index (χ4v) is 3.36. The van der Waals surface area contributed by atoms with Gasteiger partial charge in [-0.05, 0) is 46.5 Å². The van der Waals surface area contributed by atoms with Crippen LogP contribution in [-0.4, -0.2) is 72.4 Å². The highest BCUT2D eigenvalue weighted by Crippen LogP contribution is 2.10. The van der Waals surface area contributed by atoms with Crippen molar-refractivity contribution in [2.75, 3.05) is 39.8 Å². The summed E-state index contributed by atoms with van der Waals surface area (Å²) in [6, 6.07) is 0.507. The Morgan fingerprint density at radius 3 is 2.70 bits per heavy atom. The van der Waals surface area contributed by atoms with Crippen LogP contribution < -0.4 is 10.6 Å². The lowest BCUT2D eigenvalue weighted by Crippen LogP contribution is -2.49. The van der Waals surface area contributed by atoms with Gasteiger partial charge in [0.05, 0.1) is 12.7 Å². The molecule has 0 bridgehead atoms. The lowest BCUT2D eigenvalue weighted by molar-refractivity contribution is 0.0532. The molecule has 7 nitrogen and oxygen atoms in total. The van der Waals surface area contributed by atoms with Crippen LogP contribution in [0.25, 0.3) is 0 Å². The predicted octanol–water partition coefficient (Wildman–Crippen LogP) is 2.03. The van der Waals surface area contributed by atoms with E-state index in [1.807, 2.05) is 26.4 Å². The lowest BCUT2D eigenvalue weighted by atomic mass is 10.1. The largest absolute Gasteiger partial charge is 0.377 e. The van der Waals surface area contributed by atoms with Crippen LogP contribution in [-0.2, 0) is 11.3 Å². The summed E-state index contributed by atoms with van der Waals surface area (Å²) in [5, 5.41) is 7.03. The Labute approximate surface area is 164 Å². The highest BCUT2D eigenvalue weighted by molar-refractivity contribution is 5.79. The number of imidazole rings is 1. The summed E-state index contributed by atoms with van der Waals surface area (Å²) in [5.41, 5.74) is 0. The maximum atomic E-state index is 5.66. The molecule has 0 amide bonds. The molecule has 1 fully saturated rings. The van der Waals surface area contributed by atoms with E-state index in [-0.39, 0.29) is 0 Å². The number of nitrogens with zero attached hydrogens (tertiary/aromatic N) is 4. The number of guanidine groups is 1. The van der Waals surface area contributed by atoms with E-state index in [2.05, 4.69) is 43.9 Å². The molecule has 7 heteroatoms. The van der Waals surface area contributed by atoms with Gasteiger partial charge in [0, 0.05) is 58.2 Å². The van der Waals surface area contributed by atoms with Crippen LogP contribution in [0, 0.1) is 6.92 Å². The molecule has 154 valence electrons. The highest BCUT2D eigenvalue weighted by Gasteiger charge is 2.19. The molecule has 0 unspecified atom stereocenters. The standard InChI is InChI=1S/C20H38N6O/c1-17(2)27-16-15-25-12-7-19(8-13-25)24-20(21-4)23-9-5-6-11-26-14-10-22-18(26)3/h10,14,17,19H,5-9,11-13,15-16H2,1-4H3,(H2,21,23,24). The molecular weight excluding hydrogens is 340 g/mol. The van der Waals surface area contributed by atoms with Crippen molar-refractivity contribution in [3.05, 3.63) is 18.2 Å². The second kappa shape index (κ2) is 12.0. The maximum Gasteiger partial charge on any atom is 0.191 e. The fourth-order valence-electron chi connectivity index (χ4n) is 3.36. The van der Waals surface area contributed by atoms with Crippen molar-refractivity contribution in [3.63, 3.8) is 0 Å². The quantitative estimate of drug-likeness (QED) is 0.370. The number of hydrogen-bond acceptors (Lipinski definition) is 4. The van der Waals surface area contributed by atoms with Crippen LogP contribution in [0.3, 0.4) is 0 Å². The number of ether oxygens (including phenoxy) is 1. The summed E-state index contributed by atoms with van der Waals surface area (Å²) in [4.78, 5) is 11.1. The highest BCUT2D eigenvalue weighted by atomic mass is 16.5. The minimum Gasteiger partial charge on any atom is -0.377 e. The van der Waals surface area contributed by atoms with E-state index in [1.165, 1.54) is 0 Å². The van der Waals surface area contributed by atoms with E-state index in [9.17, 15) is 0 Å². The minimum absolute atomic E-state index is 0.322. The molecule has 2 N–H and O–H groups in total. The second-order valence-electron chi connectivity index (χ2n) is 7.55. The number of rotatable bonds is 10. The Hall–Kier alpha value is -1.60. The van der Waals surface area contributed by atoms with E-state index < -0.39 is 0 Å². The molecule has 0 saturated carbocycles. The van der Waals surface area contributed by atoms with Crippen molar-refractivity contribution < 1.29 is 4.74 Å². The van der Waals surface area contributed by atoms with Crippen LogP contribution in [0.5, 0.6) is 0 Å². The lowest BCUT2D eigenvalue weighted by Gasteiger charge is -2.33. The van der Waals surface area contributed by atoms with Gasteiger partial charge < -0.3 is 24.8 Å². The van der Waals surface area contributed by atoms with Gasteiger partial charge in [0.1, 0.15) is 5.82 Å². The zero-order valence-electron chi connectivity index (χ0n) is 17.6. The smallest absolute Gasteiger partial charge is 0.191 e. The van der Waals surface area contributed by atoms with Crippen molar-refractivity contribution >= 4 is 5.96 Å². The molecular formula is C20H38N6O. The molecule has 0 spiro atoms. The van der Waals surface area contributed by atoms with Gasteiger partial charge in [-0.1, -0.05) is 0 Å². The molecule has 27 heavy (non-hydrogen) atoms. The summed E-state index contributed by atoms with van der Waals surface area (Å²) in [5.74, 6) is 2.01. The first-order chi connectivity index (χ1) is 13.1. The van der Waals surface area contributed by atoms with Crippen molar-refractivity contribution in [1.29, 1.82) is 0 Å². The first-order valence-corrected chi connectivity index (χ1v) is 10.4. The third kappa shape index (κ3) is 8.30. The van der Waals surface area contributed by atoms with Crippen LogP contribution in [0.2, 0.25) is 0 Å². The number of piperidine rings is 1. The monoisotopic (exact) mass is 378 g/mol. The Balaban J connectivity index is 1.55. The van der Waals surface area contributed by atoms with Crippen molar-refractivity contribution in [2.24, 2.45) is 4.99 Å². The molecule has 2 rings (SSSR count). The molecule has 1 aromatic rings. The number of nitrogens with one attached hydrogen (secondary N) is 2. The zero-order valence-corrected chi connectivity index (χ0v) is 17.6. The number of aliphatic imine (C=N–C) groups is 1. The Bertz CT molecular complexity index is 548. The molecule has 0 radical (unpaired) electrons. The van der Waals surface area contributed by atoms with E-state index in [4.69, 9.17) is 4.74 Å². The average Bonchev–Trinajstić information content (AvgIpc) is 3.06. The first-order valence-electron chi connectivity index (χ1n) is 10.4. The Kier molecular flexibility index (Phi) is 9.62. The molecule has 1 saturated heterocycles. The van der Waals surface area contributed by atoms with Gasteiger partial charge in [-0.2, -0.15) is 0 Å². The van der Waals surface area contributed by atoms with Crippen LogP contribution in [0.15, 0.2) is 17.4 Å². The Morgan fingerprint density at radius 2 is 2.07 bits per heavy atom. The normalized spacial score (nSPS) is 16.9. The minimum atomic E-state index is 0.322. The summed E-state index contributed by atoms with van der Waals surface area (Å²) in [6.45, 7) is 12.3. The number of unbranched alkanes of at least 4 members (excludes halogenated alkanes) is 1. The molecule has 0 aromatic carbocycles. The molecule has 1 aromatic heterocycles. The van der Waals surface area contributed by atoms with E-state index in [0.29, 0.717) is 12.1 Å². The van der Waals surface area contributed by atoms with Gasteiger partial charge in [0.15, 0.2) is 5.96 Å². The number of likely N-dealkylation sites (tertiary alicyclic amines) is 1. The number of aromatic nitrogens is 2. The second-order valence-corrected chi connectivity index (χ2v) is 7.55. The summed E-state index contributed by atoms with van der Waals surface area (Å²) in [6.07, 6.45) is 8.80. The van der Waals surface area contributed by atoms with Gasteiger partial charge in [0.25, 0.3) is 0 Å². The fraction of sp³-hybridized carbons (Fsp3) is 0.800. The zero-order chi connectivity index (χ0) is 19.5. The van der Waals surface area contributed by atoms with Crippen LogP contribution in [0.1, 0.15) is 45.4 Å². The van der Waals surface area contributed by atoms with Gasteiger partial charge in [-0.15, -0.1) is 0 Å². The molecule has 1 aliphatic heterocycles. The van der Waals surface area contributed by atoms with Crippen LogP contribution >= 0.6 is 0 Å². The third-order valence-corrected chi connectivity index (χ3v) is 5.05. The predicted molar refractivity (Wildman–Crippen MR) is 111 cm³/mol. The average molecular weight is 379 g/mol. The topological polar surface area (TPSA) is 66.7 Å². The van der Waals surface area contributed by atoms with E-state index >= 15 is 0 Å².